The second kappa shape index (κ2) is 6.55. The molecule has 0 aliphatic heterocycles. The molecule has 4 heteroatoms. The molecule has 100 valence electrons. The zero-order chi connectivity index (χ0) is 13.0. The number of nitrogens with two attached hydrogens (primary N) is 1. The zero-order valence-corrected chi connectivity index (χ0v) is 12.2. The summed E-state index contributed by atoms with van der Waals surface area (Å²) >= 11 is 3.52. The van der Waals surface area contributed by atoms with E-state index in [9.17, 15) is 5.11 Å². The summed E-state index contributed by atoms with van der Waals surface area (Å²) in [7, 11) is 0. The number of rotatable bonds is 5. The Morgan fingerprint density at radius 1 is 1.33 bits per heavy atom. The lowest BCUT2D eigenvalue weighted by atomic mass is 10.1. The molecule has 18 heavy (non-hydrogen) atoms. The smallest absolute Gasteiger partial charge is 0.0606 e. The first-order chi connectivity index (χ1) is 8.76. The molecule has 0 saturated heterocycles. The van der Waals surface area contributed by atoms with Gasteiger partial charge in [0.25, 0.3) is 0 Å². The van der Waals surface area contributed by atoms with Crippen molar-refractivity contribution < 1.29 is 5.11 Å². The third kappa shape index (κ3) is 3.05. The largest absolute Gasteiger partial charge is 0.395 e. The van der Waals surface area contributed by atoms with Crippen LogP contribution in [0.4, 0.5) is 5.69 Å². The number of hydrogen-bond donors (Lipinski definition) is 2. The van der Waals surface area contributed by atoms with E-state index in [1.54, 1.807) is 0 Å². The van der Waals surface area contributed by atoms with Gasteiger partial charge >= 0.3 is 0 Å². The molecule has 0 spiro atoms. The monoisotopic (exact) mass is 312 g/mol. The molecule has 1 aromatic rings. The van der Waals surface area contributed by atoms with E-state index in [0.29, 0.717) is 19.1 Å². The summed E-state index contributed by atoms with van der Waals surface area (Å²) < 4.78 is 1.07. The van der Waals surface area contributed by atoms with Gasteiger partial charge in [-0.2, -0.15) is 0 Å². The van der Waals surface area contributed by atoms with Gasteiger partial charge in [-0.25, -0.2) is 0 Å². The van der Waals surface area contributed by atoms with Crippen LogP contribution in [0.15, 0.2) is 22.7 Å². The van der Waals surface area contributed by atoms with Crippen molar-refractivity contribution in [3.8, 4) is 0 Å². The van der Waals surface area contributed by atoms with Crippen LogP contribution in [0, 0.1) is 0 Å². The van der Waals surface area contributed by atoms with E-state index in [4.69, 9.17) is 5.73 Å². The van der Waals surface area contributed by atoms with Crippen molar-refractivity contribution >= 4 is 21.6 Å². The molecule has 0 unspecified atom stereocenters. The Labute approximate surface area is 117 Å². The van der Waals surface area contributed by atoms with Gasteiger partial charge in [-0.05, 0) is 30.5 Å². The fraction of sp³-hybridized carbons (Fsp3) is 0.571. The molecule has 3 N–H and O–H groups in total. The first-order valence-corrected chi connectivity index (χ1v) is 7.41. The van der Waals surface area contributed by atoms with Crippen LogP contribution in [0.1, 0.15) is 31.2 Å². The van der Waals surface area contributed by atoms with Crippen LogP contribution in [-0.2, 0) is 6.54 Å². The standard InChI is InChI=1S/C14H21BrN2O/c15-12-6-5-11(10-16)14(9-12)17(7-8-18)13-3-1-2-4-13/h5-6,9,13,18H,1-4,7-8,10,16H2. The maximum atomic E-state index is 9.31. The van der Waals surface area contributed by atoms with Crippen LogP contribution >= 0.6 is 15.9 Å². The first kappa shape index (κ1) is 13.8. The molecule has 1 aliphatic rings. The fourth-order valence-electron chi connectivity index (χ4n) is 2.80. The summed E-state index contributed by atoms with van der Waals surface area (Å²) in [6.45, 7) is 1.42. The first-order valence-electron chi connectivity index (χ1n) is 6.62. The fourth-order valence-corrected chi connectivity index (χ4v) is 3.15. The van der Waals surface area contributed by atoms with Crippen molar-refractivity contribution in [2.75, 3.05) is 18.1 Å². The Morgan fingerprint density at radius 3 is 2.67 bits per heavy atom. The number of aliphatic hydroxyl groups is 1. The minimum absolute atomic E-state index is 0.188. The number of benzene rings is 1. The maximum absolute atomic E-state index is 9.31. The molecular weight excluding hydrogens is 292 g/mol. The number of anilines is 1. The van der Waals surface area contributed by atoms with Crippen molar-refractivity contribution in [3.63, 3.8) is 0 Å². The van der Waals surface area contributed by atoms with E-state index in [-0.39, 0.29) is 6.61 Å². The maximum Gasteiger partial charge on any atom is 0.0606 e. The van der Waals surface area contributed by atoms with Crippen molar-refractivity contribution in [3.05, 3.63) is 28.2 Å². The minimum atomic E-state index is 0.188. The summed E-state index contributed by atoms with van der Waals surface area (Å²) in [5.41, 5.74) is 8.15. The predicted octanol–water partition coefficient (Wildman–Crippen LogP) is 2.65. The molecule has 2 rings (SSSR count). The molecule has 0 aromatic heterocycles. The molecule has 0 radical (unpaired) electrons. The Balaban J connectivity index is 2.31. The van der Waals surface area contributed by atoms with Gasteiger partial charge in [-0.15, -0.1) is 0 Å². The Bertz CT molecular complexity index is 391. The number of hydrogen-bond acceptors (Lipinski definition) is 3. The highest BCUT2D eigenvalue weighted by atomic mass is 79.9. The molecule has 0 bridgehead atoms. The van der Waals surface area contributed by atoms with Gasteiger partial charge < -0.3 is 15.7 Å². The quantitative estimate of drug-likeness (QED) is 0.878. The van der Waals surface area contributed by atoms with E-state index in [1.807, 2.05) is 6.07 Å². The molecule has 0 heterocycles. The Morgan fingerprint density at radius 2 is 2.06 bits per heavy atom. The van der Waals surface area contributed by atoms with Crippen LogP contribution in [0.3, 0.4) is 0 Å². The van der Waals surface area contributed by atoms with E-state index in [2.05, 4.69) is 33.0 Å². The number of halogens is 1. The van der Waals surface area contributed by atoms with Crippen LogP contribution < -0.4 is 10.6 Å². The van der Waals surface area contributed by atoms with Crippen LogP contribution in [0.25, 0.3) is 0 Å². The lowest BCUT2D eigenvalue weighted by Gasteiger charge is -2.32. The average molecular weight is 313 g/mol. The van der Waals surface area contributed by atoms with Gasteiger partial charge in [0.05, 0.1) is 6.61 Å². The van der Waals surface area contributed by atoms with E-state index >= 15 is 0 Å². The van der Waals surface area contributed by atoms with Crippen LogP contribution in [0.5, 0.6) is 0 Å². The van der Waals surface area contributed by atoms with Crippen molar-refractivity contribution in [1.82, 2.24) is 0 Å². The van der Waals surface area contributed by atoms with Gasteiger partial charge in [0.1, 0.15) is 0 Å². The third-order valence-corrected chi connectivity index (χ3v) is 4.18. The van der Waals surface area contributed by atoms with E-state index in [1.165, 1.54) is 31.4 Å². The van der Waals surface area contributed by atoms with E-state index < -0.39 is 0 Å². The average Bonchev–Trinajstić information content (AvgIpc) is 2.89. The normalized spacial score (nSPS) is 16.2. The van der Waals surface area contributed by atoms with Crippen LogP contribution in [0.2, 0.25) is 0 Å². The Hall–Kier alpha value is -0.580. The molecule has 0 amide bonds. The molecule has 1 fully saturated rings. The van der Waals surface area contributed by atoms with Gasteiger partial charge in [0.2, 0.25) is 0 Å². The van der Waals surface area contributed by atoms with Gasteiger partial charge in [0, 0.05) is 29.3 Å². The van der Waals surface area contributed by atoms with Crippen molar-refractivity contribution in [2.24, 2.45) is 5.73 Å². The summed E-state index contributed by atoms with van der Waals surface area (Å²) in [4.78, 5) is 2.33. The van der Waals surface area contributed by atoms with Gasteiger partial charge in [-0.3, -0.25) is 0 Å². The highest BCUT2D eigenvalue weighted by Gasteiger charge is 2.24. The number of nitrogens with zero attached hydrogens (tertiary/aromatic N) is 1. The molecule has 1 saturated carbocycles. The summed E-state index contributed by atoms with van der Waals surface area (Å²) in [6.07, 6.45) is 5.02. The predicted molar refractivity (Wildman–Crippen MR) is 78.7 cm³/mol. The lowest BCUT2D eigenvalue weighted by Crippen LogP contribution is -2.36. The summed E-state index contributed by atoms with van der Waals surface area (Å²) in [5, 5.41) is 9.31. The van der Waals surface area contributed by atoms with E-state index in [0.717, 1.165) is 10.0 Å². The van der Waals surface area contributed by atoms with Gasteiger partial charge in [-0.1, -0.05) is 34.8 Å². The molecule has 1 aromatic carbocycles. The zero-order valence-electron chi connectivity index (χ0n) is 10.6. The molecule has 0 atom stereocenters. The highest BCUT2D eigenvalue weighted by molar-refractivity contribution is 9.10. The topological polar surface area (TPSA) is 49.5 Å². The Kier molecular flexibility index (Phi) is 5.03. The SMILES string of the molecule is NCc1ccc(Br)cc1N(CCO)C1CCCC1. The second-order valence-corrected chi connectivity index (χ2v) is 5.75. The van der Waals surface area contributed by atoms with Crippen LogP contribution in [-0.4, -0.2) is 24.3 Å². The third-order valence-electron chi connectivity index (χ3n) is 3.68. The molecule has 1 aliphatic carbocycles. The van der Waals surface area contributed by atoms with Gasteiger partial charge in [0.15, 0.2) is 0 Å². The van der Waals surface area contributed by atoms with Crippen molar-refractivity contribution in [1.29, 1.82) is 0 Å². The lowest BCUT2D eigenvalue weighted by molar-refractivity contribution is 0.297. The highest BCUT2D eigenvalue weighted by Crippen LogP contribution is 2.32. The second-order valence-electron chi connectivity index (χ2n) is 4.83. The summed E-state index contributed by atoms with van der Waals surface area (Å²) in [5.74, 6) is 0. The minimum Gasteiger partial charge on any atom is -0.395 e. The number of aliphatic hydroxyl groups excluding tert-OH is 1. The molecular formula is C14H21BrN2O. The molecule has 3 nitrogen and oxygen atoms in total. The summed E-state index contributed by atoms with van der Waals surface area (Å²) in [6, 6.07) is 6.77. The van der Waals surface area contributed by atoms with Crippen molar-refractivity contribution in [2.45, 2.75) is 38.3 Å².